The van der Waals surface area contributed by atoms with Crippen LogP contribution in [0.25, 0.3) is 0 Å². The maximum Gasteiger partial charge on any atom is 0.213 e. The largest absolute Gasteiger partial charge is 0.387 e. The second kappa shape index (κ2) is 5.73. The van der Waals surface area contributed by atoms with E-state index in [9.17, 15) is 22.3 Å². The van der Waals surface area contributed by atoms with Gasteiger partial charge in [0.15, 0.2) is 11.6 Å². The van der Waals surface area contributed by atoms with E-state index in [0.29, 0.717) is 0 Å². The molecule has 1 rings (SSSR count). The maximum atomic E-state index is 13.0. The van der Waals surface area contributed by atoms with Crippen LogP contribution in [0.3, 0.4) is 0 Å². The van der Waals surface area contributed by atoms with Crippen molar-refractivity contribution in [3.05, 3.63) is 35.4 Å². The number of nitrogens with zero attached hydrogens (tertiary/aromatic N) is 1. The Bertz CT molecular complexity index is 519. The third-order valence-corrected chi connectivity index (χ3v) is 4.43. The van der Waals surface area contributed by atoms with E-state index in [2.05, 4.69) is 0 Å². The second-order valence-corrected chi connectivity index (χ2v) is 6.23. The van der Waals surface area contributed by atoms with Gasteiger partial charge in [-0.15, -0.1) is 0 Å². The molecule has 18 heavy (non-hydrogen) atoms. The highest BCUT2D eigenvalue weighted by Gasteiger charge is 2.20. The number of hydrogen-bond donors (Lipinski definition) is 1. The molecule has 102 valence electrons. The summed E-state index contributed by atoms with van der Waals surface area (Å²) in [6, 6.07) is 2.96. The summed E-state index contributed by atoms with van der Waals surface area (Å²) in [5.74, 6) is -2.18. The topological polar surface area (TPSA) is 57.6 Å². The number of hydrogen-bond acceptors (Lipinski definition) is 3. The van der Waals surface area contributed by atoms with Gasteiger partial charge in [-0.25, -0.2) is 21.5 Å². The number of aliphatic hydroxyl groups is 1. The van der Waals surface area contributed by atoms with E-state index in [1.165, 1.54) is 20.0 Å². The van der Waals surface area contributed by atoms with E-state index in [1.807, 2.05) is 0 Å². The van der Waals surface area contributed by atoms with Crippen LogP contribution < -0.4 is 0 Å². The minimum Gasteiger partial charge on any atom is -0.387 e. The molecule has 0 aliphatic carbocycles. The Morgan fingerprint density at radius 2 is 1.94 bits per heavy atom. The molecule has 0 saturated heterocycles. The first-order chi connectivity index (χ1) is 8.27. The molecular formula is C11H15F2NO3S. The molecule has 0 fully saturated rings. The van der Waals surface area contributed by atoms with Crippen LogP contribution in [0.1, 0.15) is 18.6 Å². The van der Waals surface area contributed by atoms with E-state index in [0.717, 1.165) is 16.4 Å². The molecule has 0 radical (unpaired) electrons. The molecule has 0 amide bonds. The zero-order valence-electron chi connectivity index (χ0n) is 10.1. The standard InChI is InChI=1S/C11H15F2NO3S/c1-3-18(16,17)14(2)7-11(15)8-4-5-9(12)10(13)6-8/h4-6,11,15H,3,7H2,1-2H3. The van der Waals surface area contributed by atoms with Crippen LogP contribution in [0, 0.1) is 11.6 Å². The SMILES string of the molecule is CCS(=O)(=O)N(C)CC(O)c1ccc(F)c(F)c1. The predicted octanol–water partition coefficient (Wildman–Crippen LogP) is 1.28. The van der Waals surface area contributed by atoms with Crippen LogP contribution in [0.15, 0.2) is 18.2 Å². The summed E-state index contributed by atoms with van der Waals surface area (Å²) in [5, 5.41) is 9.77. The zero-order valence-corrected chi connectivity index (χ0v) is 10.9. The molecule has 4 nitrogen and oxygen atoms in total. The molecule has 0 bridgehead atoms. The van der Waals surface area contributed by atoms with Crippen LogP contribution in [0.5, 0.6) is 0 Å². The molecule has 1 aromatic carbocycles. The lowest BCUT2D eigenvalue weighted by atomic mass is 10.1. The van der Waals surface area contributed by atoms with Crippen molar-refractivity contribution in [2.45, 2.75) is 13.0 Å². The fourth-order valence-corrected chi connectivity index (χ4v) is 2.21. The number of halogens is 2. The van der Waals surface area contributed by atoms with Gasteiger partial charge in [-0.05, 0) is 24.6 Å². The molecule has 0 aliphatic heterocycles. The maximum absolute atomic E-state index is 13.0. The number of sulfonamides is 1. The summed E-state index contributed by atoms with van der Waals surface area (Å²) in [5.41, 5.74) is 0.132. The Hall–Kier alpha value is -1.05. The minimum absolute atomic E-state index is 0.0893. The Kier molecular flexibility index (Phi) is 4.78. The lowest BCUT2D eigenvalue weighted by molar-refractivity contribution is 0.154. The molecule has 0 aliphatic rings. The summed E-state index contributed by atoms with van der Waals surface area (Å²) in [6.45, 7) is 1.27. The minimum atomic E-state index is -3.41. The molecule has 0 saturated carbocycles. The fraction of sp³-hybridized carbons (Fsp3) is 0.455. The number of rotatable bonds is 5. The van der Waals surface area contributed by atoms with Gasteiger partial charge in [0.2, 0.25) is 10.0 Å². The monoisotopic (exact) mass is 279 g/mol. The smallest absolute Gasteiger partial charge is 0.213 e. The van der Waals surface area contributed by atoms with Gasteiger partial charge in [0.25, 0.3) is 0 Å². The van der Waals surface area contributed by atoms with Crippen LogP contribution in [-0.4, -0.2) is 37.2 Å². The predicted molar refractivity (Wildman–Crippen MR) is 63.4 cm³/mol. The van der Waals surface area contributed by atoms with Crippen LogP contribution >= 0.6 is 0 Å². The van der Waals surface area contributed by atoms with Crippen LogP contribution in [0.2, 0.25) is 0 Å². The normalized spacial score (nSPS) is 13.9. The van der Waals surface area contributed by atoms with Crippen molar-refractivity contribution in [3.8, 4) is 0 Å². The highest BCUT2D eigenvalue weighted by Crippen LogP contribution is 2.18. The van der Waals surface area contributed by atoms with Crippen molar-refractivity contribution in [2.75, 3.05) is 19.3 Å². The molecule has 1 unspecified atom stereocenters. The van der Waals surface area contributed by atoms with E-state index >= 15 is 0 Å². The lowest BCUT2D eigenvalue weighted by Gasteiger charge is -2.20. The van der Waals surface area contributed by atoms with Crippen LogP contribution in [-0.2, 0) is 10.0 Å². The van der Waals surface area contributed by atoms with Crippen molar-refractivity contribution in [1.29, 1.82) is 0 Å². The van der Waals surface area contributed by atoms with Crippen molar-refractivity contribution in [2.24, 2.45) is 0 Å². The highest BCUT2D eigenvalue weighted by atomic mass is 32.2. The third kappa shape index (κ3) is 3.47. The first kappa shape index (κ1) is 15.0. The molecular weight excluding hydrogens is 264 g/mol. The quantitative estimate of drug-likeness (QED) is 0.883. The van der Waals surface area contributed by atoms with Gasteiger partial charge in [-0.2, -0.15) is 0 Å². The summed E-state index contributed by atoms with van der Waals surface area (Å²) in [6.07, 6.45) is -1.20. The number of likely N-dealkylation sites (N-methyl/N-ethyl adjacent to an activating group) is 1. The Morgan fingerprint density at radius 1 is 1.33 bits per heavy atom. The molecule has 1 N–H and O–H groups in total. The summed E-state index contributed by atoms with van der Waals surface area (Å²) in [7, 11) is -2.09. The van der Waals surface area contributed by atoms with Crippen molar-refractivity contribution < 1.29 is 22.3 Å². The molecule has 1 atom stereocenters. The first-order valence-corrected chi connectivity index (χ1v) is 6.96. The number of benzene rings is 1. The zero-order chi connectivity index (χ0) is 13.9. The van der Waals surface area contributed by atoms with E-state index in [1.54, 1.807) is 0 Å². The molecule has 7 heteroatoms. The second-order valence-electron chi connectivity index (χ2n) is 3.87. The van der Waals surface area contributed by atoms with E-state index in [-0.39, 0.29) is 17.9 Å². The van der Waals surface area contributed by atoms with Gasteiger partial charge < -0.3 is 5.11 Å². The molecule has 1 aromatic rings. The Balaban J connectivity index is 2.82. The van der Waals surface area contributed by atoms with Crippen molar-refractivity contribution >= 4 is 10.0 Å². The van der Waals surface area contributed by atoms with Gasteiger partial charge >= 0.3 is 0 Å². The first-order valence-electron chi connectivity index (χ1n) is 5.35. The summed E-state index contributed by atoms with van der Waals surface area (Å²) < 4.78 is 49.6. The van der Waals surface area contributed by atoms with Gasteiger partial charge in [-0.1, -0.05) is 6.07 Å². The van der Waals surface area contributed by atoms with Crippen molar-refractivity contribution in [3.63, 3.8) is 0 Å². The van der Waals surface area contributed by atoms with Gasteiger partial charge in [0.05, 0.1) is 11.9 Å². The molecule has 0 spiro atoms. The van der Waals surface area contributed by atoms with Gasteiger partial charge in [0.1, 0.15) is 0 Å². The van der Waals surface area contributed by atoms with E-state index < -0.39 is 27.8 Å². The number of aliphatic hydroxyl groups excluding tert-OH is 1. The highest BCUT2D eigenvalue weighted by molar-refractivity contribution is 7.89. The Labute approximate surface area is 105 Å². The third-order valence-electron chi connectivity index (χ3n) is 2.60. The summed E-state index contributed by atoms with van der Waals surface area (Å²) in [4.78, 5) is 0. The van der Waals surface area contributed by atoms with Gasteiger partial charge in [-0.3, -0.25) is 0 Å². The molecule has 0 heterocycles. The van der Waals surface area contributed by atoms with E-state index in [4.69, 9.17) is 0 Å². The Morgan fingerprint density at radius 3 is 2.44 bits per heavy atom. The van der Waals surface area contributed by atoms with Gasteiger partial charge in [0, 0.05) is 13.6 Å². The average molecular weight is 279 g/mol. The summed E-state index contributed by atoms with van der Waals surface area (Å²) >= 11 is 0. The molecule has 0 aromatic heterocycles. The average Bonchev–Trinajstić information content (AvgIpc) is 2.32. The van der Waals surface area contributed by atoms with Crippen molar-refractivity contribution in [1.82, 2.24) is 4.31 Å². The fourth-order valence-electron chi connectivity index (χ4n) is 1.40. The van der Waals surface area contributed by atoms with Crippen LogP contribution in [0.4, 0.5) is 8.78 Å². The lowest BCUT2D eigenvalue weighted by Crippen LogP contribution is -2.32.